The van der Waals surface area contributed by atoms with Crippen molar-refractivity contribution in [2.45, 2.75) is 19.1 Å². The van der Waals surface area contributed by atoms with E-state index in [0.29, 0.717) is 11.3 Å². The topological polar surface area (TPSA) is 60.1 Å². The third-order valence-electron chi connectivity index (χ3n) is 3.56. The quantitative estimate of drug-likeness (QED) is 0.793. The molecule has 1 amide bonds. The smallest absolute Gasteiger partial charge is 0.435 e. The summed E-state index contributed by atoms with van der Waals surface area (Å²) in [5, 5.41) is 6.69. The summed E-state index contributed by atoms with van der Waals surface area (Å²) in [6, 6.07) is 8.43. The average molecular weight is 337 g/mol. The minimum absolute atomic E-state index is 0.460. The van der Waals surface area contributed by atoms with Gasteiger partial charge in [0.25, 0.3) is 5.91 Å². The molecule has 1 unspecified atom stereocenters. The summed E-state index contributed by atoms with van der Waals surface area (Å²) in [4.78, 5) is 12.2. The Bertz CT molecular complexity index is 862. The number of carbonyl (C=O) groups excluding carboxylic acids is 1. The van der Waals surface area contributed by atoms with Gasteiger partial charge < -0.3 is 9.73 Å². The molecule has 1 aromatic carbocycles. The van der Waals surface area contributed by atoms with Crippen LogP contribution in [-0.4, -0.2) is 15.7 Å². The van der Waals surface area contributed by atoms with E-state index in [0.717, 1.165) is 16.3 Å². The Morgan fingerprint density at radius 2 is 2.04 bits per heavy atom. The highest BCUT2D eigenvalue weighted by atomic mass is 19.4. The van der Waals surface area contributed by atoms with Gasteiger partial charge in [0.05, 0.1) is 11.6 Å². The molecule has 126 valence electrons. The van der Waals surface area contributed by atoms with Crippen molar-refractivity contribution in [1.29, 1.82) is 0 Å². The number of para-hydroxylation sites is 1. The lowest BCUT2D eigenvalue weighted by molar-refractivity contribution is -0.141. The molecule has 0 bridgehead atoms. The summed E-state index contributed by atoms with van der Waals surface area (Å²) in [6.45, 7) is 1.64. The van der Waals surface area contributed by atoms with Crippen LogP contribution in [0.25, 0.3) is 11.0 Å². The van der Waals surface area contributed by atoms with Crippen molar-refractivity contribution in [2.24, 2.45) is 7.05 Å². The summed E-state index contributed by atoms with van der Waals surface area (Å²) in [6.07, 6.45) is -3.65. The van der Waals surface area contributed by atoms with E-state index in [2.05, 4.69) is 10.4 Å². The van der Waals surface area contributed by atoms with Crippen molar-refractivity contribution in [3.8, 4) is 0 Å². The van der Waals surface area contributed by atoms with Gasteiger partial charge in [-0.2, -0.15) is 18.3 Å². The van der Waals surface area contributed by atoms with Crippen LogP contribution in [0.2, 0.25) is 0 Å². The van der Waals surface area contributed by atoms with Crippen LogP contribution < -0.4 is 5.32 Å². The minimum Gasteiger partial charge on any atom is -0.459 e. The maximum absolute atomic E-state index is 12.9. The Balaban J connectivity index is 1.84. The zero-order chi connectivity index (χ0) is 17.5. The molecule has 0 saturated heterocycles. The number of halogens is 3. The van der Waals surface area contributed by atoms with Crippen molar-refractivity contribution in [3.63, 3.8) is 0 Å². The molecular formula is C16H14F3N3O2. The first-order valence-corrected chi connectivity index (χ1v) is 7.16. The fourth-order valence-corrected chi connectivity index (χ4v) is 2.43. The largest absolute Gasteiger partial charge is 0.459 e. The van der Waals surface area contributed by atoms with Gasteiger partial charge in [-0.25, -0.2) is 0 Å². The summed E-state index contributed by atoms with van der Waals surface area (Å²) in [7, 11) is 1.33. The van der Waals surface area contributed by atoms with E-state index in [9.17, 15) is 18.0 Å². The Hall–Kier alpha value is -2.77. The molecule has 2 heterocycles. The Morgan fingerprint density at radius 1 is 1.33 bits per heavy atom. The molecular weight excluding hydrogens is 323 g/mol. The molecule has 24 heavy (non-hydrogen) atoms. The Morgan fingerprint density at radius 3 is 2.71 bits per heavy atom. The first kappa shape index (κ1) is 16.1. The highest BCUT2D eigenvalue weighted by Gasteiger charge is 2.39. The van der Waals surface area contributed by atoms with E-state index in [1.807, 2.05) is 18.2 Å². The first-order valence-electron chi connectivity index (χ1n) is 7.16. The number of aryl methyl sites for hydroxylation is 1. The van der Waals surface area contributed by atoms with Crippen molar-refractivity contribution >= 4 is 16.9 Å². The van der Waals surface area contributed by atoms with E-state index in [-0.39, 0.29) is 0 Å². The van der Waals surface area contributed by atoms with Crippen molar-refractivity contribution in [1.82, 2.24) is 15.1 Å². The highest BCUT2D eigenvalue weighted by molar-refractivity contribution is 5.95. The molecule has 0 saturated carbocycles. The van der Waals surface area contributed by atoms with Crippen molar-refractivity contribution in [2.75, 3.05) is 0 Å². The normalized spacial score (nSPS) is 13.2. The lowest BCUT2D eigenvalue weighted by Crippen LogP contribution is -2.28. The number of hydrogen-bond donors (Lipinski definition) is 1. The number of rotatable bonds is 3. The zero-order valence-electron chi connectivity index (χ0n) is 12.9. The van der Waals surface area contributed by atoms with Crippen LogP contribution in [0.1, 0.15) is 34.8 Å². The van der Waals surface area contributed by atoms with Crippen LogP contribution in [0.15, 0.2) is 40.9 Å². The van der Waals surface area contributed by atoms with E-state index in [1.54, 1.807) is 19.1 Å². The number of amides is 1. The van der Waals surface area contributed by atoms with Crippen LogP contribution in [0.3, 0.4) is 0 Å². The van der Waals surface area contributed by atoms with Crippen LogP contribution in [0.4, 0.5) is 13.2 Å². The van der Waals surface area contributed by atoms with E-state index in [1.165, 1.54) is 7.05 Å². The number of fused-ring (bicyclic) bond motifs is 1. The van der Waals surface area contributed by atoms with Gasteiger partial charge in [-0.3, -0.25) is 9.48 Å². The summed E-state index contributed by atoms with van der Waals surface area (Å²) < 4.78 is 45.4. The maximum Gasteiger partial charge on any atom is 0.435 e. The molecule has 0 fully saturated rings. The molecule has 1 atom stereocenters. The number of furan rings is 1. The molecule has 0 aliphatic heterocycles. The number of carbonyl (C=O) groups is 1. The fraction of sp³-hybridized carbons (Fsp3) is 0.250. The highest BCUT2D eigenvalue weighted by Crippen LogP contribution is 2.31. The second kappa shape index (κ2) is 5.70. The van der Waals surface area contributed by atoms with Crippen LogP contribution in [-0.2, 0) is 13.2 Å². The van der Waals surface area contributed by atoms with Crippen molar-refractivity contribution in [3.05, 3.63) is 53.5 Å². The molecule has 2 aromatic heterocycles. The molecule has 3 aromatic rings. The van der Waals surface area contributed by atoms with Gasteiger partial charge in [0.2, 0.25) is 0 Å². The lowest BCUT2D eigenvalue weighted by Gasteiger charge is -2.12. The van der Waals surface area contributed by atoms with Gasteiger partial charge in [0.1, 0.15) is 11.3 Å². The van der Waals surface area contributed by atoms with E-state index in [4.69, 9.17) is 4.42 Å². The monoisotopic (exact) mass is 337 g/mol. The van der Waals surface area contributed by atoms with Gasteiger partial charge in [-0.1, -0.05) is 18.2 Å². The third-order valence-corrected chi connectivity index (χ3v) is 3.56. The maximum atomic E-state index is 12.9. The lowest BCUT2D eigenvalue weighted by atomic mass is 10.2. The Kier molecular flexibility index (Phi) is 3.82. The molecule has 0 radical (unpaired) electrons. The molecule has 3 rings (SSSR count). The second-order valence-corrected chi connectivity index (χ2v) is 5.44. The molecule has 8 heteroatoms. The molecule has 1 N–H and O–H groups in total. The van der Waals surface area contributed by atoms with E-state index >= 15 is 0 Å². The summed E-state index contributed by atoms with van der Waals surface area (Å²) in [5.74, 6) is -0.398. The third kappa shape index (κ3) is 2.99. The molecule has 0 aliphatic rings. The number of aromatic nitrogens is 2. The van der Waals surface area contributed by atoms with Gasteiger partial charge in [-0.15, -0.1) is 0 Å². The summed E-state index contributed by atoms with van der Waals surface area (Å²) >= 11 is 0. The number of nitrogens with one attached hydrogen (secondary N) is 1. The van der Waals surface area contributed by atoms with Crippen LogP contribution >= 0.6 is 0 Å². The first-order chi connectivity index (χ1) is 11.3. The SMILES string of the molecule is CC(NC(=O)c1cn(C)nc1C(F)(F)F)c1cc2ccccc2o1. The summed E-state index contributed by atoms with van der Waals surface area (Å²) in [5.41, 5.74) is -1.08. The molecule has 0 aliphatic carbocycles. The van der Waals surface area contributed by atoms with E-state index < -0.39 is 29.4 Å². The average Bonchev–Trinajstić information content (AvgIpc) is 3.09. The number of alkyl halides is 3. The minimum atomic E-state index is -4.70. The molecule has 0 spiro atoms. The Labute approximate surface area is 135 Å². The predicted molar refractivity (Wildman–Crippen MR) is 80.3 cm³/mol. The van der Waals surface area contributed by atoms with Crippen molar-refractivity contribution < 1.29 is 22.4 Å². The number of nitrogens with zero attached hydrogens (tertiary/aromatic N) is 2. The zero-order valence-corrected chi connectivity index (χ0v) is 12.9. The molecule has 5 nitrogen and oxygen atoms in total. The van der Waals surface area contributed by atoms with Gasteiger partial charge in [0.15, 0.2) is 5.69 Å². The van der Waals surface area contributed by atoms with Gasteiger partial charge >= 0.3 is 6.18 Å². The van der Waals surface area contributed by atoms with Gasteiger partial charge in [0, 0.05) is 18.6 Å². The van der Waals surface area contributed by atoms with Crippen LogP contribution in [0.5, 0.6) is 0 Å². The fourth-order valence-electron chi connectivity index (χ4n) is 2.43. The van der Waals surface area contributed by atoms with Gasteiger partial charge in [-0.05, 0) is 19.1 Å². The number of hydrogen-bond acceptors (Lipinski definition) is 3. The standard InChI is InChI=1S/C16H14F3N3O2/c1-9(13-7-10-5-3-4-6-12(10)24-13)20-15(23)11-8-22(2)21-14(11)16(17,18)19/h3-9H,1-2H3,(H,20,23). The van der Waals surface area contributed by atoms with Crippen LogP contribution in [0, 0.1) is 0 Å². The number of benzene rings is 1. The second-order valence-electron chi connectivity index (χ2n) is 5.44. The predicted octanol–water partition coefficient (Wildman–Crippen LogP) is 3.68.